The van der Waals surface area contributed by atoms with Crippen molar-refractivity contribution in [1.82, 2.24) is 19.6 Å². The summed E-state index contributed by atoms with van der Waals surface area (Å²) in [5, 5.41) is 12.1. The number of carboxylic acids is 1. The van der Waals surface area contributed by atoms with Gasteiger partial charge in [-0.2, -0.15) is 4.98 Å². The molecule has 7 heteroatoms. The molecular formula is C12H12N4O3. The van der Waals surface area contributed by atoms with Crippen LogP contribution >= 0.6 is 0 Å². The molecule has 2 N–H and O–H groups in total. The summed E-state index contributed by atoms with van der Waals surface area (Å²) in [5.74, 6) is 0.903. The summed E-state index contributed by atoms with van der Waals surface area (Å²) in [6.07, 6.45) is 2.95. The third-order valence-corrected chi connectivity index (χ3v) is 2.90. The van der Waals surface area contributed by atoms with Crippen LogP contribution in [0.4, 0.5) is 0 Å². The lowest BCUT2D eigenvalue weighted by Gasteiger charge is -1.95. The van der Waals surface area contributed by atoms with Crippen molar-refractivity contribution in [2.24, 2.45) is 0 Å². The molecule has 0 aliphatic carbocycles. The topological polar surface area (TPSA) is 96.4 Å². The Morgan fingerprint density at radius 1 is 1.47 bits per heavy atom. The standard InChI is InChI=1S/C12H12N4O3/c1-7-10(11(17)18)16-12(13-7)14-9(15-16)5-4-8-3-2-6-19-8/h2-3,6H,4-5H2,1H3,(H,17,18)(H,13,14,15). The van der Waals surface area contributed by atoms with E-state index in [1.165, 1.54) is 4.52 Å². The van der Waals surface area contributed by atoms with Gasteiger partial charge in [-0.3, -0.25) is 5.10 Å². The van der Waals surface area contributed by atoms with Crippen LogP contribution in [0, 0.1) is 6.92 Å². The maximum Gasteiger partial charge on any atom is 0.356 e. The van der Waals surface area contributed by atoms with Crippen molar-refractivity contribution in [3.05, 3.63) is 41.4 Å². The van der Waals surface area contributed by atoms with E-state index in [0.717, 1.165) is 5.76 Å². The van der Waals surface area contributed by atoms with Crippen molar-refractivity contribution >= 4 is 11.7 Å². The molecule has 0 aliphatic heterocycles. The van der Waals surface area contributed by atoms with Crippen LogP contribution in [0.3, 0.4) is 0 Å². The zero-order valence-corrected chi connectivity index (χ0v) is 10.3. The zero-order chi connectivity index (χ0) is 13.4. The van der Waals surface area contributed by atoms with Crippen molar-refractivity contribution in [2.75, 3.05) is 0 Å². The number of furan rings is 1. The molecule has 3 aromatic heterocycles. The number of fused-ring (bicyclic) bond motifs is 1. The van der Waals surface area contributed by atoms with Gasteiger partial charge in [0.05, 0.1) is 12.0 Å². The highest BCUT2D eigenvalue weighted by Crippen LogP contribution is 2.11. The number of hydrogen-bond acceptors (Lipinski definition) is 4. The highest BCUT2D eigenvalue weighted by molar-refractivity contribution is 5.87. The molecule has 0 spiro atoms. The van der Waals surface area contributed by atoms with E-state index >= 15 is 0 Å². The van der Waals surface area contributed by atoms with Crippen LogP contribution in [0.25, 0.3) is 5.78 Å². The molecule has 7 nitrogen and oxygen atoms in total. The van der Waals surface area contributed by atoms with E-state index in [4.69, 9.17) is 9.52 Å². The molecule has 0 saturated carbocycles. The lowest BCUT2D eigenvalue weighted by atomic mass is 10.2. The Labute approximate surface area is 107 Å². The maximum absolute atomic E-state index is 11.1. The highest BCUT2D eigenvalue weighted by Gasteiger charge is 2.18. The average Bonchev–Trinajstić information content (AvgIpc) is 3.00. The van der Waals surface area contributed by atoms with Crippen LogP contribution in [0.5, 0.6) is 0 Å². The molecule has 98 valence electrons. The van der Waals surface area contributed by atoms with E-state index < -0.39 is 5.97 Å². The van der Waals surface area contributed by atoms with Gasteiger partial charge < -0.3 is 9.52 Å². The Hall–Kier alpha value is -2.57. The van der Waals surface area contributed by atoms with E-state index in [0.29, 0.717) is 30.1 Å². The summed E-state index contributed by atoms with van der Waals surface area (Å²) in [5.41, 5.74) is 0.565. The van der Waals surface area contributed by atoms with Gasteiger partial charge in [0, 0.05) is 12.8 Å². The second-order valence-corrected chi connectivity index (χ2v) is 4.24. The lowest BCUT2D eigenvalue weighted by Crippen LogP contribution is -2.05. The Balaban J connectivity index is 1.88. The number of carbonyl (C=O) groups is 1. The predicted molar refractivity (Wildman–Crippen MR) is 65.2 cm³/mol. The van der Waals surface area contributed by atoms with Gasteiger partial charge in [-0.15, -0.1) is 0 Å². The first-order chi connectivity index (χ1) is 9.15. The fourth-order valence-electron chi connectivity index (χ4n) is 2.03. The zero-order valence-electron chi connectivity index (χ0n) is 10.3. The number of H-pyrrole nitrogens is 1. The lowest BCUT2D eigenvalue weighted by molar-refractivity contribution is 0.0687. The van der Waals surface area contributed by atoms with Crippen LogP contribution in [0.15, 0.2) is 22.8 Å². The molecule has 3 aromatic rings. The molecule has 0 amide bonds. The smallest absolute Gasteiger partial charge is 0.356 e. The summed E-state index contributed by atoms with van der Waals surface area (Å²) in [4.78, 5) is 19.5. The quantitative estimate of drug-likeness (QED) is 0.739. The first-order valence-electron chi connectivity index (χ1n) is 5.85. The van der Waals surface area contributed by atoms with Gasteiger partial charge >= 0.3 is 5.97 Å². The van der Waals surface area contributed by atoms with E-state index in [9.17, 15) is 4.79 Å². The van der Waals surface area contributed by atoms with Crippen LogP contribution < -0.4 is 0 Å². The van der Waals surface area contributed by atoms with Crippen LogP contribution in [-0.2, 0) is 12.8 Å². The largest absolute Gasteiger partial charge is 0.476 e. The second kappa shape index (κ2) is 4.27. The number of aromatic amines is 1. The van der Waals surface area contributed by atoms with Gasteiger partial charge in [0.1, 0.15) is 11.6 Å². The number of hydrogen-bond donors (Lipinski definition) is 2. The molecule has 0 aliphatic rings. The highest BCUT2D eigenvalue weighted by atomic mass is 16.4. The monoisotopic (exact) mass is 260 g/mol. The number of nitrogens with one attached hydrogen (secondary N) is 1. The minimum absolute atomic E-state index is 0.117. The minimum atomic E-state index is -1.02. The number of carboxylic acid groups (broad SMARTS) is 1. The molecular weight excluding hydrogens is 248 g/mol. The Morgan fingerprint density at radius 3 is 3.00 bits per heavy atom. The fraction of sp³-hybridized carbons (Fsp3) is 0.250. The molecule has 0 aromatic carbocycles. The molecule has 3 rings (SSSR count). The fourth-order valence-corrected chi connectivity index (χ4v) is 2.03. The van der Waals surface area contributed by atoms with Crippen LogP contribution in [0.1, 0.15) is 27.8 Å². The number of rotatable bonds is 4. The van der Waals surface area contributed by atoms with Crippen molar-refractivity contribution in [1.29, 1.82) is 0 Å². The van der Waals surface area contributed by atoms with E-state index in [1.54, 1.807) is 13.2 Å². The molecule has 0 atom stereocenters. The average molecular weight is 260 g/mol. The van der Waals surface area contributed by atoms with E-state index in [1.807, 2.05) is 12.1 Å². The first kappa shape index (κ1) is 11.5. The summed E-state index contributed by atoms with van der Waals surface area (Å²) in [7, 11) is 0. The van der Waals surface area contributed by atoms with Gasteiger partial charge in [0.2, 0.25) is 0 Å². The number of imidazole rings is 1. The summed E-state index contributed by atoms with van der Waals surface area (Å²) >= 11 is 0. The minimum Gasteiger partial charge on any atom is -0.476 e. The number of aryl methyl sites for hydroxylation is 3. The Morgan fingerprint density at radius 2 is 2.32 bits per heavy atom. The summed E-state index contributed by atoms with van der Waals surface area (Å²) in [6, 6.07) is 3.72. The van der Waals surface area contributed by atoms with Gasteiger partial charge in [0.15, 0.2) is 5.69 Å². The maximum atomic E-state index is 11.1. The van der Waals surface area contributed by atoms with Gasteiger partial charge in [0.25, 0.3) is 5.78 Å². The summed E-state index contributed by atoms with van der Waals surface area (Å²) in [6.45, 7) is 1.65. The SMILES string of the molecule is Cc1nc2nc(CCc3ccco3)[nH]n2c1C(=O)O. The second-order valence-electron chi connectivity index (χ2n) is 4.24. The van der Waals surface area contributed by atoms with E-state index in [-0.39, 0.29) is 5.69 Å². The van der Waals surface area contributed by atoms with Crippen LogP contribution in [-0.4, -0.2) is 30.7 Å². The van der Waals surface area contributed by atoms with E-state index in [2.05, 4.69) is 15.1 Å². The third-order valence-electron chi connectivity index (χ3n) is 2.90. The number of aromatic nitrogens is 4. The van der Waals surface area contributed by atoms with Gasteiger partial charge in [-0.05, 0) is 19.1 Å². The molecule has 0 fully saturated rings. The molecule has 3 heterocycles. The van der Waals surface area contributed by atoms with Gasteiger partial charge in [-0.1, -0.05) is 0 Å². The number of nitrogens with zero attached hydrogens (tertiary/aromatic N) is 3. The Kier molecular flexibility index (Phi) is 2.59. The molecule has 0 bridgehead atoms. The summed E-state index contributed by atoms with van der Waals surface area (Å²) < 4.78 is 6.63. The van der Waals surface area contributed by atoms with Crippen LogP contribution in [0.2, 0.25) is 0 Å². The van der Waals surface area contributed by atoms with Crippen molar-refractivity contribution < 1.29 is 14.3 Å². The molecule has 19 heavy (non-hydrogen) atoms. The predicted octanol–water partition coefficient (Wildman–Crippen LogP) is 1.44. The molecule has 0 unspecified atom stereocenters. The first-order valence-corrected chi connectivity index (χ1v) is 5.85. The number of aromatic carboxylic acids is 1. The van der Waals surface area contributed by atoms with Crippen molar-refractivity contribution in [2.45, 2.75) is 19.8 Å². The van der Waals surface area contributed by atoms with Crippen molar-refractivity contribution in [3.63, 3.8) is 0 Å². The third kappa shape index (κ3) is 1.99. The molecule has 0 saturated heterocycles. The van der Waals surface area contributed by atoms with Crippen molar-refractivity contribution in [3.8, 4) is 0 Å². The normalized spacial score (nSPS) is 11.2. The Bertz CT molecular complexity index is 724. The molecule has 0 radical (unpaired) electrons. The van der Waals surface area contributed by atoms with Gasteiger partial charge in [-0.25, -0.2) is 14.3 Å².